The van der Waals surface area contributed by atoms with Crippen molar-refractivity contribution in [3.8, 4) is 0 Å². The van der Waals surface area contributed by atoms with Crippen LogP contribution in [0.4, 0.5) is 5.69 Å². The molecular weight excluding hydrogens is 238 g/mol. The molecule has 3 rings (SSSR count). The standard InChI is InChI=1S/C16H15NO2/c18-16(15-11-19-15)17-14-8-6-13(7-9-14)10-12-4-2-1-3-5-12/h1-9,15H,10-11H2,(H,17,18). The first kappa shape index (κ1) is 11.9. The van der Waals surface area contributed by atoms with E-state index in [0.717, 1.165) is 12.1 Å². The molecule has 1 aliphatic heterocycles. The van der Waals surface area contributed by atoms with E-state index < -0.39 is 0 Å². The fourth-order valence-electron chi connectivity index (χ4n) is 1.96. The third-order valence-electron chi connectivity index (χ3n) is 3.10. The molecule has 1 fully saturated rings. The maximum Gasteiger partial charge on any atom is 0.255 e. The highest BCUT2D eigenvalue weighted by Gasteiger charge is 2.31. The smallest absolute Gasteiger partial charge is 0.255 e. The number of carbonyl (C=O) groups excluding carboxylic acids is 1. The first-order chi connectivity index (χ1) is 9.31. The molecule has 0 spiro atoms. The Labute approximate surface area is 112 Å². The highest BCUT2D eigenvalue weighted by Crippen LogP contribution is 2.16. The molecule has 1 unspecified atom stereocenters. The van der Waals surface area contributed by atoms with Gasteiger partial charge < -0.3 is 10.1 Å². The minimum atomic E-state index is -0.246. The zero-order valence-electron chi connectivity index (χ0n) is 10.5. The second-order valence-electron chi connectivity index (χ2n) is 4.67. The van der Waals surface area contributed by atoms with E-state index in [1.807, 2.05) is 42.5 Å². The number of rotatable bonds is 4. The summed E-state index contributed by atoms with van der Waals surface area (Å²) in [4.78, 5) is 11.5. The third kappa shape index (κ3) is 3.20. The van der Waals surface area contributed by atoms with Crippen molar-refractivity contribution in [1.82, 2.24) is 0 Å². The fraction of sp³-hybridized carbons (Fsp3) is 0.188. The first-order valence-electron chi connectivity index (χ1n) is 6.36. The average Bonchev–Trinajstić information content (AvgIpc) is 3.27. The van der Waals surface area contributed by atoms with Crippen molar-refractivity contribution in [1.29, 1.82) is 0 Å². The summed E-state index contributed by atoms with van der Waals surface area (Å²) in [6.45, 7) is 0.540. The van der Waals surface area contributed by atoms with Gasteiger partial charge in [-0.05, 0) is 29.7 Å². The Bertz CT molecular complexity index is 559. The van der Waals surface area contributed by atoms with Gasteiger partial charge in [-0.3, -0.25) is 4.79 Å². The second kappa shape index (κ2) is 5.24. The molecule has 3 nitrogen and oxygen atoms in total. The van der Waals surface area contributed by atoms with E-state index in [4.69, 9.17) is 4.74 Å². The highest BCUT2D eigenvalue weighted by atomic mass is 16.6. The van der Waals surface area contributed by atoms with E-state index in [1.165, 1.54) is 11.1 Å². The third-order valence-corrected chi connectivity index (χ3v) is 3.10. The Kier molecular flexibility index (Phi) is 3.29. The van der Waals surface area contributed by atoms with Gasteiger partial charge in [0.2, 0.25) is 0 Å². The van der Waals surface area contributed by atoms with Crippen molar-refractivity contribution in [2.45, 2.75) is 12.5 Å². The average molecular weight is 253 g/mol. The molecule has 1 atom stereocenters. The minimum Gasteiger partial charge on any atom is -0.363 e. The molecule has 1 saturated heterocycles. The molecule has 1 aliphatic rings. The van der Waals surface area contributed by atoms with Crippen LogP contribution in [0.15, 0.2) is 54.6 Å². The summed E-state index contributed by atoms with van der Waals surface area (Å²) in [5.41, 5.74) is 3.33. The van der Waals surface area contributed by atoms with Crippen molar-refractivity contribution in [2.75, 3.05) is 11.9 Å². The van der Waals surface area contributed by atoms with Crippen LogP contribution >= 0.6 is 0 Å². The van der Waals surface area contributed by atoms with Crippen molar-refractivity contribution in [2.24, 2.45) is 0 Å². The Morgan fingerprint density at radius 2 is 1.68 bits per heavy atom. The van der Waals surface area contributed by atoms with Crippen LogP contribution in [0.25, 0.3) is 0 Å². The summed E-state index contributed by atoms with van der Waals surface area (Å²) in [6.07, 6.45) is 0.657. The summed E-state index contributed by atoms with van der Waals surface area (Å²) in [5, 5.41) is 2.83. The Balaban J connectivity index is 1.63. The molecule has 3 heteroatoms. The molecule has 1 N–H and O–H groups in total. The molecule has 2 aromatic rings. The number of hydrogen-bond donors (Lipinski definition) is 1. The van der Waals surface area contributed by atoms with Crippen LogP contribution in [-0.4, -0.2) is 18.6 Å². The quantitative estimate of drug-likeness (QED) is 0.851. The van der Waals surface area contributed by atoms with Crippen molar-refractivity contribution >= 4 is 11.6 Å². The number of nitrogens with one attached hydrogen (secondary N) is 1. The molecule has 1 heterocycles. The van der Waals surface area contributed by atoms with E-state index in [0.29, 0.717) is 6.61 Å². The molecule has 0 saturated carbocycles. The summed E-state index contributed by atoms with van der Waals surface area (Å²) in [5.74, 6) is -0.0594. The summed E-state index contributed by atoms with van der Waals surface area (Å²) in [6, 6.07) is 18.3. The lowest BCUT2D eigenvalue weighted by molar-refractivity contribution is -0.117. The zero-order valence-corrected chi connectivity index (χ0v) is 10.5. The Hall–Kier alpha value is -2.13. The molecule has 0 bridgehead atoms. The number of ether oxygens (including phenoxy) is 1. The molecule has 0 aliphatic carbocycles. The summed E-state index contributed by atoms with van der Waals surface area (Å²) < 4.78 is 4.93. The normalized spacial score (nSPS) is 16.9. The largest absolute Gasteiger partial charge is 0.363 e. The Morgan fingerprint density at radius 3 is 2.32 bits per heavy atom. The number of carbonyl (C=O) groups is 1. The topological polar surface area (TPSA) is 41.6 Å². The zero-order chi connectivity index (χ0) is 13.1. The van der Waals surface area contributed by atoms with Gasteiger partial charge in [0.25, 0.3) is 5.91 Å². The van der Waals surface area contributed by atoms with Gasteiger partial charge in [0.05, 0.1) is 6.61 Å². The van der Waals surface area contributed by atoms with E-state index in [1.54, 1.807) is 0 Å². The molecule has 1 amide bonds. The monoisotopic (exact) mass is 253 g/mol. The van der Waals surface area contributed by atoms with Crippen LogP contribution in [0, 0.1) is 0 Å². The summed E-state index contributed by atoms with van der Waals surface area (Å²) >= 11 is 0. The van der Waals surface area contributed by atoms with E-state index in [9.17, 15) is 4.79 Å². The van der Waals surface area contributed by atoms with Crippen LogP contribution in [-0.2, 0) is 16.0 Å². The predicted molar refractivity (Wildman–Crippen MR) is 74.1 cm³/mol. The van der Waals surface area contributed by atoms with Crippen LogP contribution < -0.4 is 5.32 Å². The van der Waals surface area contributed by atoms with E-state index >= 15 is 0 Å². The van der Waals surface area contributed by atoms with E-state index in [-0.39, 0.29) is 12.0 Å². The van der Waals surface area contributed by atoms with Gasteiger partial charge in [-0.2, -0.15) is 0 Å². The van der Waals surface area contributed by atoms with Gasteiger partial charge in [0.1, 0.15) is 0 Å². The molecule has 0 radical (unpaired) electrons. The number of amides is 1. The molecule has 96 valence electrons. The number of anilines is 1. The number of hydrogen-bond acceptors (Lipinski definition) is 2. The number of benzene rings is 2. The summed E-state index contributed by atoms with van der Waals surface area (Å²) in [7, 11) is 0. The van der Waals surface area contributed by atoms with Crippen LogP contribution in [0.3, 0.4) is 0 Å². The maximum atomic E-state index is 11.5. The second-order valence-corrected chi connectivity index (χ2v) is 4.67. The van der Waals surface area contributed by atoms with Gasteiger partial charge in [-0.1, -0.05) is 42.5 Å². The first-order valence-corrected chi connectivity index (χ1v) is 6.36. The van der Waals surface area contributed by atoms with Crippen LogP contribution in [0.2, 0.25) is 0 Å². The molecule has 0 aromatic heterocycles. The molecular formula is C16H15NO2. The molecule has 19 heavy (non-hydrogen) atoms. The van der Waals surface area contributed by atoms with Gasteiger partial charge in [-0.15, -0.1) is 0 Å². The van der Waals surface area contributed by atoms with Crippen molar-refractivity contribution in [3.63, 3.8) is 0 Å². The maximum absolute atomic E-state index is 11.5. The van der Waals surface area contributed by atoms with Crippen LogP contribution in [0.5, 0.6) is 0 Å². The lowest BCUT2D eigenvalue weighted by Crippen LogP contribution is -2.17. The SMILES string of the molecule is O=C(Nc1ccc(Cc2ccccc2)cc1)C1CO1. The lowest BCUT2D eigenvalue weighted by Gasteiger charge is -2.05. The minimum absolute atomic E-state index is 0.0594. The van der Waals surface area contributed by atoms with Crippen molar-refractivity contribution in [3.05, 3.63) is 65.7 Å². The van der Waals surface area contributed by atoms with Gasteiger partial charge in [0, 0.05) is 5.69 Å². The van der Waals surface area contributed by atoms with Gasteiger partial charge >= 0.3 is 0 Å². The van der Waals surface area contributed by atoms with Gasteiger partial charge in [-0.25, -0.2) is 0 Å². The van der Waals surface area contributed by atoms with Crippen LogP contribution in [0.1, 0.15) is 11.1 Å². The fourth-order valence-corrected chi connectivity index (χ4v) is 1.96. The van der Waals surface area contributed by atoms with Crippen molar-refractivity contribution < 1.29 is 9.53 Å². The Morgan fingerprint density at radius 1 is 1.05 bits per heavy atom. The number of epoxide rings is 1. The predicted octanol–water partition coefficient (Wildman–Crippen LogP) is 2.61. The molecule has 2 aromatic carbocycles. The van der Waals surface area contributed by atoms with Gasteiger partial charge in [0.15, 0.2) is 6.10 Å². The lowest BCUT2D eigenvalue weighted by atomic mass is 10.0. The van der Waals surface area contributed by atoms with E-state index in [2.05, 4.69) is 17.4 Å². The highest BCUT2D eigenvalue weighted by molar-refractivity contribution is 5.95.